The van der Waals surface area contributed by atoms with E-state index in [0.717, 1.165) is 6.07 Å². The predicted octanol–water partition coefficient (Wildman–Crippen LogP) is 1.22. The lowest BCUT2D eigenvalue weighted by Gasteiger charge is -2.07. The van der Waals surface area contributed by atoms with Crippen LogP contribution in [-0.4, -0.2) is 22.2 Å². The third-order valence-electron chi connectivity index (χ3n) is 1.77. The second-order valence-corrected chi connectivity index (χ2v) is 2.78. The lowest BCUT2D eigenvalue weighted by atomic mass is 9.99. The highest BCUT2D eigenvalue weighted by molar-refractivity contribution is 5.98. The molecule has 1 rings (SSSR count). The number of benzene rings is 1. The van der Waals surface area contributed by atoms with Crippen molar-refractivity contribution in [3.05, 3.63) is 35.4 Å². The quantitative estimate of drug-likeness (QED) is 0.745. The first-order valence-electron chi connectivity index (χ1n) is 3.84. The maximum atomic E-state index is 12.7. The summed E-state index contributed by atoms with van der Waals surface area (Å²) in [5.41, 5.74) is -0.311. The van der Waals surface area contributed by atoms with Gasteiger partial charge >= 0.3 is 11.9 Å². The van der Waals surface area contributed by atoms with Crippen LogP contribution >= 0.6 is 0 Å². The van der Waals surface area contributed by atoms with E-state index < -0.39 is 29.5 Å². The van der Waals surface area contributed by atoms with E-state index in [1.807, 2.05) is 0 Å². The van der Waals surface area contributed by atoms with E-state index in [2.05, 4.69) is 0 Å². The monoisotopic (exact) mass is 216 g/mol. The number of carboxylic acids is 2. The summed E-state index contributed by atoms with van der Waals surface area (Å²) in [5, 5.41) is 17.1. The number of halogens is 2. The van der Waals surface area contributed by atoms with E-state index >= 15 is 0 Å². The van der Waals surface area contributed by atoms with Gasteiger partial charge in [0.25, 0.3) is 0 Å². The molecule has 0 amide bonds. The summed E-state index contributed by atoms with van der Waals surface area (Å²) in [6.45, 7) is 0. The Morgan fingerprint density at radius 3 is 2.00 bits per heavy atom. The summed E-state index contributed by atoms with van der Waals surface area (Å²) in [5.74, 6) is -7.59. The summed E-state index contributed by atoms with van der Waals surface area (Å²) in [4.78, 5) is 21.1. The Bertz CT molecular complexity index is 403. The first-order valence-corrected chi connectivity index (χ1v) is 3.84. The first kappa shape index (κ1) is 11.1. The van der Waals surface area contributed by atoms with Crippen LogP contribution in [0.5, 0.6) is 0 Å². The minimum Gasteiger partial charge on any atom is -0.480 e. The maximum Gasteiger partial charge on any atom is 0.322 e. The molecular formula is C9H6F2O4. The van der Waals surface area contributed by atoms with Crippen LogP contribution in [0.4, 0.5) is 8.78 Å². The van der Waals surface area contributed by atoms with Gasteiger partial charge in [0.1, 0.15) is 0 Å². The summed E-state index contributed by atoms with van der Waals surface area (Å²) in [6.07, 6.45) is 0. The smallest absolute Gasteiger partial charge is 0.322 e. The van der Waals surface area contributed by atoms with Crippen LogP contribution in [0.15, 0.2) is 18.2 Å². The van der Waals surface area contributed by atoms with Gasteiger partial charge in [-0.15, -0.1) is 0 Å². The van der Waals surface area contributed by atoms with Crippen LogP contribution < -0.4 is 0 Å². The Kier molecular flexibility index (Phi) is 2.99. The van der Waals surface area contributed by atoms with Crippen molar-refractivity contribution in [1.82, 2.24) is 0 Å². The normalized spacial score (nSPS) is 10.3. The highest BCUT2D eigenvalue weighted by Crippen LogP contribution is 2.19. The number of aliphatic carboxylic acids is 2. The zero-order chi connectivity index (χ0) is 11.6. The van der Waals surface area contributed by atoms with Crippen molar-refractivity contribution in [3.63, 3.8) is 0 Å². The van der Waals surface area contributed by atoms with Gasteiger partial charge in [0.2, 0.25) is 0 Å². The van der Waals surface area contributed by atoms with Crippen molar-refractivity contribution >= 4 is 11.9 Å². The topological polar surface area (TPSA) is 74.6 Å². The van der Waals surface area contributed by atoms with Crippen LogP contribution in [0.2, 0.25) is 0 Å². The van der Waals surface area contributed by atoms with E-state index in [0.29, 0.717) is 12.1 Å². The third-order valence-corrected chi connectivity index (χ3v) is 1.77. The minimum absolute atomic E-state index is 0.311. The van der Waals surface area contributed by atoms with Gasteiger partial charge in [0.15, 0.2) is 17.6 Å². The van der Waals surface area contributed by atoms with Gasteiger partial charge in [-0.1, -0.05) is 6.07 Å². The fourth-order valence-corrected chi connectivity index (χ4v) is 1.08. The Morgan fingerprint density at radius 2 is 1.60 bits per heavy atom. The number of hydrogen-bond donors (Lipinski definition) is 2. The molecule has 0 aliphatic heterocycles. The molecule has 15 heavy (non-hydrogen) atoms. The van der Waals surface area contributed by atoms with Crippen molar-refractivity contribution in [2.45, 2.75) is 5.92 Å². The lowest BCUT2D eigenvalue weighted by Crippen LogP contribution is -2.21. The van der Waals surface area contributed by atoms with Crippen LogP contribution in [0.1, 0.15) is 11.5 Å². The second-order valence-electron chi connectivity index (χ2n) is 2.78. The molecule has 1 aromatic carbocycles. The second kappa shape index (κ2) is 4.04. The molecule has 0 aliphatic carbocycles. The Morgan fingerprint density at radius 1 is 1.07 bits per heavy atom. The van der Waals surface area contributed by atoms with Crippen LogP contribution in [-0.2, 0) is 9.59 Å². The van der Waals surface area contributed by atoms with E-state index in [-0.39, 0.29) is 5.56 Å². The molecule has 0 unspecified atom stereocenters. The van der Waals surface area contributed by atoms with Gasteiger partial charge in [0, 0.05) is 0 Å². The molecule has 80 valence electrons. The number of carboxylic acid groups (broad SMARTS) is 2. The molecule has 0 radical (unpaired) electrons. The van der Waals surface area contributed by atoms with Gasteiger partial charge in [-0.2, -0.15) is 0 Å². The van der Waals surface area contributed by atoms with Crippen LogP contribution in [0, 0.1) is 11.6 Å². The van der Waals surface area contributed by atoms with Crippen molar-refractivity contribution in [2.75, 3.05) is 0 Å². The molecule has 0 spiro atoms. The Hall–Kier alpha value is -1.98. The van der Waals surface area contributed by atoms with Crippen LogP contribution in [0.25, 0.3) is 0 Å². The fraction of sp³-hybridized carbons (Fsp3) is 0.111. The largest absolute Gasteiger partial charge is 0.480 e. The third kappa shape index (κ3) is 2.28. The van der Waals surface area contributed by atoms with Crippen LogP contribution in [0.3, 0.4) is 0 Å². The molecule has 0 saturated carbocycles. The molecule has 2 N–H and O–H groups in total. The Balaban J connectivity index is 3.18. The van der Waals surface area contributed by atoms with Gasteiger partial charge in [-0.25, -0.2) is 8.78 Å². The zero-order valence-corrected chi connectivity index (χ0v) is 7.28. The molecule has 0 atom stereocenters. The van der Waals surface area contributed by atoms with Crippen molar-refractivity contribution in [3.8, 4) is 0 Å². The number of hydrogen-bond acceptors (Lipinski definition) is 2. The molecule has 0 fully saturated rings. The van der Waals surface area contributed by atoms with E-state index in [1.54, 1.807) is 0 Å². The highest BCUT2D eigenvalue weighted by Gasteiger charge is 2.28. The maximum absolute atomic E-state index is 12.7. The SMILES string of the molecule is O=C(O)C(C(=O)O)c1ccc(F)c(F)c1. The summed E-state index contributed by atoms with van der Waals surface area (Å²) in [6, 6.07) is 2.16. The average molecular weight is 216 g/mol. The molecule has 0 heterocycles. The molecule has 4 nitrogen and oxygen atoms in total. The number of rotatable bonds is 3. The standard InChI is InChI=1S/C9H6F2O4/c10-5-2-1-4(3-6(5)11)7(8(12)13)9(14)15/h1-3,7H,(H,12,13)(H,14,15). The summed E-state index contributed by atoms with van der Waals surface area (Å²) >= 11 is 0. The van der Waals surface area contributed by atoms with Gasteiger partial charge < -0.3 is 10.2 Å². The first-order chi connectivity index (χ1) is 6.93. The van der Waals surface area contributed by atoms with Gasteiger partial charge in [-0.3, -0.25) is 9.59 Å². The predicted molar refractivity (Wildman–Crippen MR) is 44.4 cm³/mol. The van der Waals surface area contributed by atoms with Gasteiger partial charge in [0.05, 0.1) is 0 Å². The Labute approximate surface area is 82.8 Å². The molecule has 6 heteroatoms. The highest BCUT2D eigenvalue weighted by atomic mass is 19.2. The molecule has 0 saturated heterocycles. The van der Waals surface area contributed by atoms with E-state index in [9.17, 15) is 18.4 Å². The molecular weight excluding hydrogens is 210 g/mol. The van der Waals surface area contributed by atoms with Crippen molar-refractivity contribution in [1.29, 1.82) is 0 Å². The van der Waals surface area contributed by atoms with Gasteiger partial charge in [-0.05, 0) is 17.7 Å². The lowest BCUT2D eigenvalue weighted by molar-refractivity contribution is -0.150. The van der Waals surface area contributed by atoms with E-state index in [4.69, 9.17) is 10.2 Å². The molecule has 0 aliphatic rings. The summed E-state index contributed by atoms with van der Waals surface area (Å²) in [7, 11) is 0. The fourth-order valence-electron chi connectivity index (χ4n) is 1.08. The zero-order valence-electron chi connectivity index (χ0n) is 7.28. The number of carbonyl (C=O) groups is 2. The molecule has 1 aromatic rings. The summed E-state index contributed by atoms with van der Waals surface area (Å²) < 4.78 is 25.2. The van der Waals surface area contributed by atoms with Crippen molar-refractivity contribution in [2.24, 2.45) is 0 Å². The minimum atomic E-state index is -1.89. The molecule has 0 bridgehead atoms. The average Bonchev–Trinajstić information content (AvgIpc) is 2.10. The van der Waals surface area contributed by atoms with E-state index in [1.165, 1.54) is 0 Å². The van der Waals surface area contributed by atoms with Crippen molar-refractivity contribution < 1.29 is 28.6 Å². The molecule has 0 aromatic heterocycles.